The van der Waals surface area contributed by atoms with Gasteiger partial charge in [0, 0.05) is 37.7 Å². The van der Waals surface area contributed by atoms with Crippen LogP contribution in [0.4, 0.5) is 0 Å². The number of aryl methyl sites for hydroxylation is 1. The Balaban J connectivity index is 1.40. The van der Waals surface area contributed by atoms with E-state index in [1.54, 1.807) is 48.2 Å². The third-order valence-electron chi connectivity index (χ3n) is 8.83. The maximum Gasteiger partial charge on any atom is 0.274 e. The van der Waals surface area contributed by atoms with Crippen LogP contribution in [0, 0.1) is 12.8 Å². The molecule has 13 heteroatoms. The molecule has 2 aromatic carbocycles. The average Bonchev–Trinajstić information content (AvgIpc) is 3.79. The maximum absolute atomic E-state index is 13.8. The van der Waals surface area contributed by atoms with E-state index in [1.807, 2.05) is 57.2 Å². The van der Waals surface area contributed by atoms with Crippen LogP contribution in [0.2, 0.25) is 0 Å². The summed E-state index contributed by atoms with van der Waals surface area (Å²) in [5, 5.41) is 18.4. The Hall–Kier alpha value is -5.72. The highest BCUT2D eigenvalue weighted by molar-refractivity contribution is 5.99. The van der Waals surface area contributed by atoms with E-state index in [2.05, 4.69) is 31.5 Å². The lowest BCUT2D eigenvalue weighted by Crippen LogP contribution is -2.57. The Kier molecular flexibility index (Phi) is 12.6. The van der Waals surface area contributed by atoms with Gasteiger partial charge in [0.25, 0.3) is 11.8 Å². The van der Waals surface area contributed by atoms with Gasteiger partial charge in [0.2, 0.25) is 17.7 Å². The van der Waals surface area contributed by atoms with Gasteiger partial charge in [-0.2, -0.15) is 5.10 Å². The highest BCUT2D eigenvalue weighted by Crippen LogP contribution is 2.22. The Morgan fingerprint density at radius 2 is 1.62 bits per heavy atom. The molecule has 0 saturated carbocycles. The summed E-state index contributed by atoms with van der Waals surface area (Å²) in [7, 11) is 0. The van der Waals surface area contributed by atoms with Crippen molar-refractivity contribution in [2.45, 2.75) is 78.0 Å². The molecule has 0 radical (unpaired) electrons. The lowest BCUT2D eigenvalue weighted by Gasteiger charge is -2.25. The van der Waals surface area contributed by atoms with E-state index in [9.17, 15) is 24.0 Å². The minimum atomic E-state index is -0.996. The van der Waals surface area contributed by atoms with Crippen LogP contribution in [0.5, 0.6) is 0 Å². The lowest BCUT2D eigenvalue weighted by molar-refractivity contribution is -0.132. The van der Waals surface area contributed by atoms with Gasteiger partial charge in [-0.15, -0.1) is 0 Å². The molecule has 3 atom stereocenters. The Labute approximate surface area is 303 Å². The summed E-state index contributed by atoms with van der Waals surface area (Å²) < 4.78 is 5.68. The van der Waals surface area contributed by atoms with Crippen molar-refractivity contribution < 1.29 is 28.4 Å². The number of nitrogens with zero attached hydrogens (tertiary/aromatic N) is 2. The van der Waals surface area contributed by atoms with Crippen LogP contribution in [0.1, 0.15) is 77.8 Å². The molecule has 4 aromatic rings. The van der Waals surface area contributed by atoms with Gasteiger partial charge in [0.15, 0.2) is 11.5 Å². The van der Waals surface area contributed by atoms with Gasteiger partial charge in [-0.05, 0) is 74.4 Å². The largest absolute Gasteiger partial charge is 0.460 e. The molecule has 0 spiro atoms. The molecule has 274 valence electrons. The normalized spacial score (nSPS) is 19.7. The fourth-order valence-corrected chi connectivity index (χ4v) is 5.98. The third kappa shape index (κ3) is 10.2. The summed E-state index contributed by atoms with van der Waals surface area (Å²) in [6, 6.07) is 18.6. The second-order valence-electron chi connectivity index (χ2n) is 13.6. The van der Waals surface area contributed by atoms with Gasteiger partial charge in [-0.1, -0.05) is 56.3 Å². The molecule has 5 amide bonds. The first-order valence-electron chi connectivity index (χ1n) is 17.7. The molecule has 6 rings (SSSR count). The Morgan fingerprint density at radius 1 is 0.885 bits per heavy atom. The van der Waals surface area contributed by atoms with E-state index in [0.717, 1.165) is 16.9 Å². The molecule has 0 unspecified atom stereocenters. The van der Waals surface area contributed by atoms with E-state index in [-0.39, 0.29) is 36.4 Å². The molecule has 0 saturated heterocycles. The van der Waals surface area contributed by atoms with Crippen molar-refractivity contribution in [1.82, 2.24) is 36.4 Å². The van der Waals surface area contributed by atoms with Gasteiger partial charge in [-0.25, -0.2) is 0 Å². The number of nitrogens with one attached hydrogen (secondary N) is 5. The van der Waals surface area contributed by atoms with Crippen LogP contribution < -0.4 is 21.3 Å². The van der Waals surface area contributed by atoms with Crippen LogP contribution in [0.3, 0.4) is 0 Å². The molecule has 4 heterocycles. The van der Waals surface area contributed by atoms with Gasteiger partial charge >= 0.3 is 0 Å². The summed E-state index contributed by atoms with van der Waals surface area (Å²) in [5.41, 5.74) is 2.75. The third-order valence-corrected chi connectivity index (χ3v) is 8.83. The number of rotatable bonds is 6. The van der Waals surface area contributed by atoms with Crippen molar-refractivity contribution in [2.75, 3.05) is 13.1 Å². The molecule has 52 heavy (non-hydrogen) atoms. The minimum Gasteiger partial charge on any atom is -0.460 e. The molecule has 2 aliphatic rings. The standard InChI is InChI=1S/C39H47N7O6/c1-24(2)20-31-37(49)41-26(4)35(47)40-18-8-9-19-46(39(51)33-22-30(44-45-33)34-17-12-25(3)52-34)23-28-13-15-29(16-14-28)36(48)42-32(38(50)43-31)21-27-10-6-5-7-11-27/h5-7,10-17,22,24,26,31-32H,8-9,18-21,23H2,1-4H3,(H,40,47)(H,41,49)(H,42,48)(H,43,50)(H,44,45)/t26-,31+,32-/m1/s1. The number of carbonyl (C=O) groups is 5. The zero-order valence-electron chi connectivity index (χ0n) is 30.0. The fourth-order valence-electron chi connectivity index (χ4n) is 5.98. The summed E-state index contributed by atoms with van der Waals surface area (Å²) in [4.78, 5) is 69.2. The molecule has 5 N–H and O–H groups in total. The predicted molar refractivity (Wildman–Crippen MR) is 195 cm³/mol. The number of fused-ring (bicyclic) bond motifs is 18. The number of hydrogen-bond acceptors (Lipinski definition) is 7. The number of aromatic nitrogens is 2. The van der Waals surface area contributed by atoms with E-state index >= 15 is 0 Å². The summed E-state index contributed by atoms with van der Waals surface area (Å²) in [5.74, 6) is -0.779. The van der Waals surface area contributed by atoms with Crippen molar-refractivity contribution in [1.29, 1.82) is 0 Å². The highest BCUT2D eigenvalue weighted by Gasteiger charge is 2.30. The smallest absolute Gasteiger partial charge is 0.274 e. The number of carbonyl (C=O) groups excluding carboxylic acids is 5. The quantitative estimate of drug-likeness (QED) is 0.189. The zero-order chi connectivity index (χ0) is 37.2. The molecule has 13 nitrogen and oxygen atoms in total. The van der Waals surface area contributed by atoms with E-state index < -0.39 is 35.8 Å². The zero-order valence-corrected chi connectivity index (χ0v) is 30.0. The predicted octanol–water partition coefficient (Wildman–Crippen LogP) is 3.91. The lowest BCUT2D eigenvalue weighted by atomic mass is 10.0. The summed E-state index contributed by atoms with van der Waals surface area (Å²) in [6.07, 6.45) is 1.67. The Morgan fingerprint density at radius 3 is 2.31 bits per heavy atom. The maximum atomic E-state index is 13.8. The van der Waals surface area contributed by atoms with Gasteiger partial charge in [-0.3, -0.25) is 29.1 Å². The number of aromatic amines is 1. The Bertz CT molecular complexity index is 1850. The van der Waals surface area contributed by atoms with Gasteiger partial charge < -0.3 is 30.6 Å². The van der Waals surface area contributed by atoms with Crippen molar-refractivity contribution in [2.24, 2.45) is 5.92 Å². The van der Waals surface area contributed by atoms with Crippen molar-refractivity contribution in [3.63, 3.8) is 0 Å². The number of benzene rings is 2. The van der Waals surface area contributed by atoms with Crippen LogP contribution in [0.25, 0.3) is 11.5 Å². The molecule has 2 aliphatic heterocycles. The highest BCUT2D eigenvalue weighted by atomic mass is 16.3. The van der Waals surface area contributed by atoms with Crippen molar-refractivity contribution >= 4 is 29.5 Å². The number of H-pyrrole nitrogens is 1. The molecule has 0 fully saturated rings. The second kappa shape index (κ2) is 17.5. The van der Waals surface area contributed by atoms with Crippen LogP contribution in [-0.4, -0.2) is 75.8 Å². The van der Waals surface area contributed by atoms with E-state index in [0.29, 0.717) is 49.4 Å². The average molecular weight is 710 g/mol. The van der Waals surface area contributed by atoms with Crippen LogP contribution in [0.15, 0.2) is 77.2 Å². The van der Waals surface area contributed by atoms with Crippen molar-refractivity contribution in [3.8, 4) is 11.5 Å². The first kappa shape index (κ1) is 37.5. The first-order valence-corrected chi connectivity index (χ1v) is 17.7. The monoisotopic (exact) mass is 709 g/mol. The topological polar surface area (TPSA) is 179 Å². The van der Waals surface area contributed by atoms with E-state index in [4.69, 9.17) is 4.42 Å². The molecular formula is C39H47N7O6. The number of hydrogen-bond donors (Lipinski definition) is 5. The molecular weight excluding hydrogens is 662 g/mol. The SMILES string of the molecule is Cc1ccc(-c2cc(C(=O)N3CCCCNC(=O)[C@@H](C)NC(=O)[C@H](CC(C)C)NC(=O)[C@@H](Cc4ccccc4)NC(=O)c4ccc(cc4)C3)n[nH]2)o1. The van der Waals surface area contributed by atoms with Crippen LogP contribution in [-0.2, 0) is 27.3 Å². The van der Waals surface area contributed by atoms with Gasteiger partial charge in [0.05, 0.1) is 0 Å². The molecule has 2 bridgehead atoms. The minimum absolute atomic E-state index is 0.0529. The summed E-state index contributed by atoms with van der Waals surface area (Å²) in [6.45, 7) is 8.24. The summed E-state index contributed by atoms with van der Waals surface area (Å²) >= 11 is 0. The van der Waals surface area contributed by atoms with Crippen molar-refractivity contribution in [3.05, 3.63) is 101 Å². The molecule has 2 aromatic heterocycles. The second-order valence-corrected chi connectivity index (χ2v) is 13.6. The van der Waals surface area contributed by atoms with Gasteiger partial charge in [0.1, 0.15) is 29.6 Å². The van der Waals surface area contributed by atoms with Crippen LogP contribution >= 0.6 is 0 Å². The molecule has 0 aliphatic carbocycles. The first-order chi connectivity index (χ1) is 25.0. The number of furan rings is 1. The fraction of sp³-hybridized carbons (Fsp3) is 0.385. The number of amides is 5. The van der Waals surface area contributed by atoms with E-state index in [1.165, 1.54) is 0 Å².